The Morgan fingerprint density at radius 1 is 1.28 bits per heavy atom. The number of ether oxygens (including phenoxy) is 2. The van der Waals surface area contributed by atoms with Crippen LogP contribution in [0.25, 0.3) is 10.9 Å². The van der Waals surface area contributed by atoms with Crippen molar-refractivity contribution in [2.45, 2.75) is 25.5 Å². The van der Waals surface area contributed by atoms with E-state index >= 15 is 0 Å². The normalized spacial score (nSPS) is 16.1. The molecule has 1 aromatic heterocycles. The fourth-order valence-electron chi connectivity index (χ4n) is 3.58. The van der Waals surface area contributed by atoms with Gasteiger partial charge in [0.25, 0.3) is 11.5 Å². The summed E-state index contributed by atoms with van der Waals surface area (Å²) in [6.45, 7) is 1.33. The molecular weight excluding hydrogens is 370 g/mol. The first-order valence-corrected chi connectivity index (χ1v) is 9.67. The summed E-state index contributed by atoms with van der Waals surface area (Å²) in [5.74, 6) is 0.906. The number of benzene rings is 2. The second-order valence-corrected chi connectivity index (χ2v) is 7.08. The summed E-state index contributed by atoms with van der Waals surface area (Å²) in [6.07, 6.45) is 1.87. The fraction of sp³-hybridized carbons (Fsp3) is 0.318. The van der Waals surface area contributed by atoms with E-state index in [-0.39, 0.29) is 24.1 Å². The molecule has 1 atom stereocenters. The van der Waals surface area contributed by atoms with Crippen molar-refractivity contribution in [3.8, 4) is 5.75 Å². The van der Waals surface area contributed by atoms with Crippen molar-refractivity contribution in [3.05, 3.63) is 70.3 Å². The Bertz CT molecular complexity index is 1070. The number of rotatable bonds is 6. The van der Waals surface area contributed by atoms with E-state index in [1.54, 1.807) is 54.5 Å². The van der Waals surface area contributed by atoms with E-state index in [0.29, 0.717) is 41.2 Å². The highest BCUT2D eigenvalue weighted by molar-refractivity contribution is 5.94. The second-order valence-electron chi connectivity index (χ2n) is 7.08. The third-order valence-corrected chi connectivity index (χ3v) is 5.05. The van der Waals surface area contributed by atoms with Gasteiger partial charge in [-0.05, 0) is 43.2 Å². The molecule has 0 spiro atoms. The first-order valence-electron chi connectivity index (χ1n) is 9.67. The number of fused-ring (bicyclic) bond motifs is 1. The summed E-state index contributed by atoms with van der Waals surface area (Å²) in [7, 11) is 1.57. The van der Waals surface area contributed by atoms with Gasteiger partial charge in [0.05, 0.1) is 30.7 Å². The third kappa shape index (κ3) is 4.30. The standard InChI is InChI=1S/C22H23N3O4/c1-28-16-7-4-6-15(12-16)22(27)25(13-17-8-5-11-29-17)14-20-23-19-10-3-2-9-18(19)21(26)24-20/h2-4,6-7,9-10,12,17H,5,8,11,13-14H2,1H3,(H,23,24,26)/t17-/m0/s1. The largest absolute Gasteiger partial charge is 0.497 e. The first kappa shape index (κ1) is 19.1. The van der Waals surface area contributed by atoms with E-state index in [1.165, 1.54) is 0 Å². The Morgan fingerprint density at radius 2 is 2.14 bits per heavy atom. The van der Waals surface area contributed by atoms with Crippen molar-refractivity contribution < 1.29 is 14.3 Å². The zero-order valence-corrected chi connectivity index (χ0v) is 16.3. The maximum atomic E-state index is 13.2. The molecular formula is C22H23N3O4. The molecule has 0 bridgehead atoms. The van der Waals surface area contributed by atoms with Crippen LogP contribution in [0.15, 0.2) is 53.3 Å². The van der Waals surface area contributed by atoms with E-state index in [1.807, 2.05) is 6.07 Å². The minimum atomic E-state index is -0.212. The first-order chi connectivity index (χ1) is 14.1. The van der Waals surface area contributed by atoms with Gasteiger partial charge >= 0.3 is 0 Å². The van der Waals surface area contributed by atoms with Crippen LogP contribution in [0.2, 0.25) is 0 Å². The molecule has 1 aliphatic rings. The molecule has 1 saturated heterocycles. The molecule has 4 rings (SSSR count). The number of carbonyl (C=O) groups excluding carboxylic acids is 1. The maximum Gasteiger partial charge on any atom is 0.258 e. The molecule has 29 heavy (non-hydrogen) atoms. The number of amides is 1. The molecule has 2 aromatic carbocycles. The zero-order chi connectivity index (χ0) is 20.2. The molecule has 0 saturated carbocycles. The van der Waals surface area contributed by atoms with Gasteiger partial charge in [0.2, 0.25) is 0 Å². The zero-order valence-electron chi connectivity index (χ0n) is 16.3. The topological polar surface area (TPSA) is 84.5 Å². The number of hydrogen-bond acceptors (Lipinski definition) is 5. The van der Waals surface area contributed by atoms with E-state index in [2.05, 4.69) is 9.97 Å². The van der Waals surface area contributed by atoms with Crippen LogP contribution < -0.4 is 10.3 Å². The average Bonchev–Trinajstić information content (AvgIpc) is 3.26. The van der Waals surface area contributed by atoms with Gasteiger partial charge in [0, 0.05) is 18.7 Å². The SMILES string of the molecule is COc1cccc(C(=O)N(Cc2nc3ccccc3c(=O)[nH]2)C[C@@H]2CCCO2)c1. The molecule has 1 aliphatic heterocycles. The number of carbonyl (C=O) groups is 1. The van der Waals surface area contributed by atoms with Crippen LogP contribution in [0, 0.1) is 0 Å². The molecule has 0 unspecified atom stereocenters. The fourth-order valence-corrected chi connectivity index (χ4v) is 3.58. The van der Waals surface area contributed by atoms with Gasteiger partial charge in [0.15, 0.2) is 0 Å². The highest BCUT2D eigenvalue weighted by Gasteiger charge is 2.24. The van der Waals surface area contributed by atoms with Gasteiger partial charge < -0.3 is 19.4 Å². The number of nitrogens with one attached hydrogen (secondary N) is 1. The van der Waals surface area contributed by atoms with Gasteiger partial charge in [-0.25, -0.2) is 4.98 Å². The molecule has 2 heterocycles. The molecule has 3 aromatic rings. The molecule has 1 amide bonds. The van der Waals surface area contributed by atoms with Gasteiger partial charge in [-0.15, -0.1) is 0 Å². The molecule has 0 aliphatic carbocycles. The van der Waals surface area contributed by atoms with Crippen LogP contribution in [0.5, 0.6) is 5.75 Å². The van der Waals surface area contributed by atoms with E-state index in [9.17, 15) is 9.59 Å². The summed E-state index contributed by atoms with van der Waals surface area (Å²) >= 11 is 0. The second kappa shape index (κ2) is 8.45. The predicted octanol–water partition coefficient (Wildman–Crippen LogP) is 2.75. The van der Waals surface area contributed by atoms with Crippen LogP contribution in [0.4, 0.5) is 0 Å². The monoisotopic (exact) mass is 393 g/mol. The van der Waals surface area contributed by atoms with Gasteiger partial charge in [-0.3, -0.25) is 9.59 Å². The molecule has 7 heteroatoms. The Balaban J connectivity index is 1.65. The number of aromatic amines is 1. The van der Waals surface area contributed by atoms with Crippen molar-refractivity contribution in [1.29, 1.82) is 0 Å². The lowest BCUT2D eigenvalue weighted by Gasteiger charge is -2.25. The van der Waals surface area contributed by atoms with E-state index in [4.69, 9.17) is 9.47 Å². The summed E-state index contributed by atoms with van der Waals surface area (Å²) in [6, 6.07) is 14.2. The smallest absolute Gasteiger partial charge is 0.258 e. The van der Waals surface area contributed by atoms with Gasteiger partial charge in [-0.2, -0.15) is 0 Å². The quantitative estimate of drug-likeness (QED) is 0.696. The molecule has 1 fully saturated rings. The van der Waals surface area contributed by atoms with Crippen LogP contribution in [0.1, 0.15) is 29.0 Å². The average molecular weight is 393 g/mol. The van der Waals surface area contributed by atoms with Gasteiger partial charge in [-0.1, -0.05) is 18.2 Å². The van der Waals surface area contributed by atoms with Crippen molar-refractivity contribution in [2.24, 2.45) is 0 Å². The summed E-state index contributed by atoms with van der Waals surface area (Å²) in [5, 5.41) is 0.529. The Labute approximate surface area is 168 Å². The lowest BCUT2D eigenvalue weighted by molar-refractivity contribution is 0.0501. The Kier molecular flexibility index (Phi) is 5.57. The van der Waals surface area contributed by atoms with Crippen molar-refractivity contribution >= 4 is 16.8 Å². The highest BCUT2D eigenvalue weighted by atomic mass is 16.5. The van der Waals surface area contributed by atoms with Crippen LogP contribution in [-0.2, 0) is 11.3 Å². The Morgan fingerprint density at radius 3 is 2.93 bits per heavy atom. The Hall–Kier alpha value is -3.19. The van der Waals surface area contributed by atoms with Crippen molar-refractivity contribution in [2.75, 3.05) is 20.3 Å². The minimum absolute atomic E-state index is 0.0169. The van der Waals surface area contributed by atoms with E-state index < -0.39 is 0 Å². The molecule has 0 radical (unpaired) electrons. The predicted molar refractivity (Wildman–Crippen MR) is 109 cm³/mol. The summed E-state index contributed by atoms with van der Waals surface area (Å²) in [4.78, 5) is 34.7. The van der Waals surface area contributed by atoms with E-state index in [0.717, 1.165) is 12.8 Å². The van der Waals surface area contributed by atoms with Crippen molar-refractivity contribution in [3.63, 3.8) is 0 Å². The highest BCUT2D eigenvalue weighted by Crippen LogP contribution is 2.19. The maximum absolute atomic E-state index is 13.2. The number of para-hydroxylation sites is 1. The summed E-state index contributed by atoms with van der Waals surface area (Å²) < 4.78 is 11.0. The van der Waals surface area contributed by atoms with Crippen molar-refractivity contribution in [1.82, 2.24) is 14.9 Å². The van der Waals surface area contributed by atoms with Crippen LogP contribution in [-0.4, -0.2) is 47.1 Å². The minimum Gasteiger partial charge on any atom is -0.497 e. The van der Waals surface area contributed by atoms with Gasteiger partial charge in [0.1, 0.15) is 11.6 Å². The van der Waals surface area contributed by atoms with Crippen LogP contribution >= 0.6 is 0 Å². The third-order valence-electron chi connectivity index (χ3n) is 5.05. The number of hydrogen-bond donors (Lipinski definition) is 1. The number of methoxy groups -OCH3 is 1. The number of nitrogens with zero attached hydrogens (tertiary/aromatic N) is 2. The molecule has 1 N–H and O–H groups in total. The lowest BCUT2D eigenvalue weighted by atomic mass is 10.1. The van der Waals surface area contributed by atoms with Crippen LogP contribution in [0.3, 0.4) is 0 Å². The summed E-state index contributed by atoms with van der Waals surface area (Å²) in [5.41, 5.74) is 0.916. The molecule has 7 nitrogen and oxygen atoms in total. The number of H-pyrrole nitrogens is 1. The lowest BCUT2D eigenvalue weighted by Crippen LogP contribution is -2.37. The number of aromatic nitrogens is 2. The molecule has 150 valence electrons.